The van der Waals surface area contributed by atoms with Gasteiger partial charge in [0.05, 0.1) is 29.9 Å². The van der Waals surface area contributed by atoms with Gasteiger partial charge in [0.15, 0.2) is 11.5 Å². The zero-order chi connectivity index (χ0) is 23.3. The number of rotatable bonds is 9. The third kappa shape index (κ3) is 5.59. The van der Waals surface area contributed by atoms with Crippen LogP contribution in [0.2, 0.25) is 10.0 Å². The molecule has 0 saturated carbocycles. The molecule has 0 heterocycles. The van der Waals surface area contributed by atoms with Crippen LogP contribution in [0, 0.1) is 0 Å². The van der Waals surface area contributed by atoms with E-state index in [2.05, 4.69) is 21.2 Å². The van der Waals surface area contributed by atoms with Gasteiger partial charge in [-0.2, -0.15) is 0 Å². The van der Waals surface area contributed by atoms with Crippen molar-refractivity contribution in [1.82, 2.24) is 0 Å². The summed E-state index contributed by atoms with van der Waals surface area (Å²) in [7, 11) is 3.08. The molecular formula is C23H20BrCl2NO5. The lowest BCUT2D eigenvalue weighted by Gasteiger charge is -2.17. The standard InChI is InChI=1S/C23H20BrCl2NO5/c1-30-20-7-6-14(23(28)29)10-19(20)27-11-13-8-16(24)22(21(9-13)31-2)32-12-15-17(25)4-3-5-18(15)26/h3-10,27H,11-12H2,1-2H3,(H,28,29). The van der Waals surface area contributed by atoms with Crippen molar-refractivity contribution in [1.29, 1.82) is 0 Å². The summed E-state index contributed by atoms with van der Waals surface area (Å²) in [6.45, 7) is 0.565. The van der Waals surface area contributed by atoms with E-state index in [1.807, 2.05) is 12.1 Å². The molecule has 0 spiro atoms. The molecule has 0 amide bonds. The fourth-order valence-corrected chi connectivity index (χ4v) is 4.12. The molecule has 0 fully saturated rings. The lowest BCUT2D eigenvalue weighted by molar-refractivity contribution is 0.0697. The average Bonchev–Trinajstić information content (AvgIpc) is 2.77. The molecule has 168 valence electrons. The highest BCUT2D eigenvalue weighted by atomic mass is 79.9. The zero-order valence-electron chi connectivity index (χ0n) is 17.2. The Balaban J connectivity index is 1.80. The topological polar surface area (TPSA) is 77.0 Å². The number of aromatic carboxylic acids is 1. The van der Waals surface area contributed by atoms with E-state index in [0.29, 0.717) is 49.6 Å². The number of methoxy groups -OCH3 is 2. The SMILES string of the molecule is COc1ccc(C(=O)O)cc1NCc1cc(Br)c(OCc2c(Cl)cccc2Cl)c(OC)c1. The molecule has 32 heavy (non-hydrogen) atoms. The van der Waals surface area contributed by atoms with Gasteiger partial charge in [-0.25, -0.2) is 4.79 Å². The van der Waals surface area contributed by atoms with Crippen molar-refractivity contribution < 1.29 is 24.1 Å². The number of halogens is 3. The van der Waals surface area contributed by atoms with Crippen LogP contribution in [-0.4, -0.2) is 25.3 Å². The molecule has 9 heteroatoms. The number of carboxylic acid groups (broad SMARTS) is 1. The molecule has 3 rings (SSSR count). The molecule has 2 N–H and O–H groups in total. The van der Waals surface area contributed by atoms with Gasteiger partial charge >= 0.3 is 5.97 Å². The molecular weight excluding hydrogens is 521 g/mol. The van der Waals surface area contributed by atoms with E-state index in [1.165, 1.54) is 19.2 Å². The first kappa shape index (κ1) is 24.0. The number of anilines is 1. The van der Waals surface area contributed by atoms with Crippen molar-refractivity contribution in [3.63, 3.8) is 0 Å². The fraction of sp³-hybridized carbons (Fsp3) is 0.174. The predicted molar refractivity (Wildman–Crippen MR) is 129 cm³/mol. The van der Waals surface area contributed by atoms with Crippen LogP contribution in [0.3, 0.4) is 0 Å². The molecule has 0 aromatic heterocycles. The van der Waals surface area contributed by atoms with Crippen molar-refractivity contribution >= 4 is 50.8 Å². The minimum Gasteiger partial charge on any atom is -0.495 e. The number of ether oxygens (including phenoxy) is 3. The number of carboxylic acids is 1. The van der Waals surface area contributed by atoms with Crippen LogP contribution in [0.15, 0.2) is 53.0 Å². The molecule has 6 nitrogen and oxygen atoms in total. The summed E-state index contributed by atoms with van der Waals surface area (Å²) in [5, 5.41) is 13.5. The monoisotopic (exact) mass is 539 g/mol. The molecule has 0 saturated heterocycles. The summed E-state index contributed by atoms with van der Waals surface area (Å²) in [5.74, 6) is 0.557. The second-order valence-corrected chi connectivity index (χ2v) is 8.34. The van der Waals surface area contributed by atoms with Gasteiger partial charge in [-0.15, -0.1) is 0 Å². The predicted octanol–water partition coefficient (Wildman–Crippen LogP) is 6.66. The van der Waals surface area contributed by atoms with Gasteiger partial charge in [-0.3, -0.25) is 0 Å². The average molecular weight is 541 g/mol. The Morgan fingerprint density at radius 3 is 2.34 bits per heavy atom. The van der Waals surface area contributed by atoms with Crippen molar-refractivity contribution in [2.75, 3.05) is 19.5 Å². The Hall–Kier alpha value is -2.61. The van der Waals surface area contributed by atoms with E-state index in [1.54, 1.807) is 31.4 Å². The maximum absolute atomic E-state index is 11.3. The molecule has 3 aromatic carbocycles. The van der Waals surface area contributed by atoms with Gasteiger partial charge in [0, 0.05) is 22.2 Å². The Labute approximate surface area is 204 Å². The normalized spacial score (nSPS) is 10.5. The Morgan fingerprint density at radius 2 is 1.72 bits per heavy atom. The molecule has 0 aliphatic rings. The molecule has 0 radical (unpaired) electrons. The number of hydrogen-bond acceptors (Lipinski definition) is 5. The quantitative estimate of drug-likeness (QED) is 0.316. The van der Waals surface area contributed by atoms with Crippen LogP contribution >= 0.6 is 39.1 Å². The summed E-state index contributed by atoms with van der Waals surface area (Å²) >= 11 is 16.0. The van der Waals surface area contributed by atoms with Crippen LogP contribution in [0.4, 0.5) is 5.69 Å². The Kier molecular flexibility index (Phi) is 8.12. The van der Waals surface area contributed by atoms with Gasteiger partial charge in [0.25, 0.3) is 0 Å². The largest absolute Gasteiger partial charge is 0.495 e. The fourth-order valence-electron chi connectivity index (χ4n) is 3.01. The van der Waals surface area contributed by atoms with Crippen LogP contribution in [0.25, 0.3) is 0 Å². The minimum atomic E-state index is -1.01. The van der Waals surface area contributed by atoms with Gasteiger partial charge in [0.1, 0.15) is 12.4 Å². The number of hydrogen-bond donors (Lipinski definition) is 2. The lowest BCUT2D eigenvalue weighted by atomic mass is 10.1. The minimum absolute atomic E-state index is 0.161. The van der Waals surface area contributed by atoms with Gasteiger partial charge in [0.2, 0.25) is 0 Å². The number of benzene rings is 3. The van der Waals surface area contributed by atoms with Crippen molar-refractivity contribution in [2.45, 2.75) is 13.2 Å². The van der Waals surface area contributed by atoms with E-state index < -0.39 is 5.97 Å². The van der Waals surface area contributed by atoms with Crippen LogP contribution in [0.5, 0.6) is 17.2 Å². The summed E-state index contributed by atoms with van der Waals surface area (Å²) < 4.78 is 17.5. The zero-order valence-corrected chi connectivity index (χ0v) is 20.3. The second kappa shape index (κ2) is 10.8. The Morgan fingerprint density at radius 1 is 1.03 bits per heavy atom. The smallest absolute Gasteiger partial charge is 0.335 e. The first-order valence-corrected chi connectivity index (χ1v) is 11.0. The summed E-state index contributed by atoms with van der Waals surface area (Å²) in [6.07, 6.45) is 0. The summed E-state index contributed by atoms with van der Waals surface area (Å²) in [5.41, 5.74) is 2.28. The highest BCUT2D eigenvalue weighted by Gasteiger charge is 2.15. The van der Waals surface area contributed by atoms with Crippen molar-refractivity contribution in [3.8, 4) is 17.2 Å². The third-order valence-electron chi connectivity index (χ3n) is 4.64. The highest BCUT2D eigenvalue weighted by molar-refractivity contribution is 9.10. The molecule has 0 bridgehead atoms. The van der Waals surface area contributed by atoms with E-state index in [4.69, 9.17) is 37.4 Å². The summed E-state index contributed by atoms with van der Waals surface area (Å²) in [4.78, 5) is 11.3. The van der Waals surface area contributed by atoms with Crippen LogP contribution in [0.1, 0.15) is 21.5 Å². The van der Waals surface area contributed by atoms with Crippen molar-refractivity contribution in [3.05, 3.63) is 79.7 Å². The molecule has 0 atom stereocenters. The Bertz CT molecular complexity index is 1120. The molecule has 0 unspecified atom stereocenters. The first-order chi connectivity index (χ1) is 15.3. The number of carbonyl (C=O) groups is 1. The van der Waals surface area contributed by atoms with Gasteiger partial charge in [-0.1, -0.05) is 29.3 Å². The van der Waals surface area contributed by atoms with E-state index in [9.17, 15) is 9.90 Å². The molecule has 3 aromatic rings. The second-order valence-electron chi connectivity index (χ2n) is 6.67. The lowest BCUT2D eigenvalue weighted by Crippen LogP contribution is -2.05. The van der Waals surface area contributed by atoms with Gasteiger partial charge < -0.3 is 24.6 Å². The molecule has 0 aliphatic carbocycles. The molecule has 0 aliphatic heterocycles. The number of nitrogens with one attached hydrogen (secondary N) is 1. The van der Waals surface area contributed by atoms with E-state index in [-0.39, 0.29) is 12.2 Å². The maximum atomic E-state index is 11.3. The summed E-state index contributed by atoms with van der Waals surface area (Å²) in [6, 6.07) is 13.6. The van der Waals surface area contributed by atoms with Crippen molar-refractivity contribution in [2.24, 2.45) is 0 Å². The first-order valence-electron chi connectivity index (χ1n) is 9.41. The van der Waals surface area contributed by atoms with Crippen LogP contribution in [-0.2, 0) is 13.2 Å². The van der Waals surface area contributed by atoms with Crippen LogP contribution < -0.4 is 19.5 Å². The van der Waals surface area contributed by atoms with Gasteiger partial charge in [-0.05, 0) is 64.0 Å². The van der Waals surface area contributed by atoms with E-state index in [0.717, 1.165) is 5.56 Å². The maximum Gasteiger partial charge on any atom is 0.335 e. The highest BCUT2D eigenvalue weighted by Crippen LogP contribution is 2.38. The third-order valence-corrected chi connectivity index (χ3v) is 5.94. The van der Waals surface area contributed by atoms with E-state index >= 15 is 0 Å².